The summed E-state index contributed by atoms with van der Waals surface area (Å²) in [5.74, 6) is -0.100. The van der Waals surface area contributed by atoms with Gasteiger partial charge >= 0.3 is 0 Å². The average molecular weight is 414 g/mol. The number of rotatable bonds is 7. The first-order valence-corrected chi connectivity index (χ1v) is 10.5. The van der Waals surface area contributed by atoms with Crippen molar-refractivity contribution in [1.82, 2.24) is 9.88 Å². The first-order chi connectivity index (χ1) is 13.5. The smallest absolute Gasteiger partial charge is 0.252 e. The molecule has 6 heteroatoms. The second-order valence-electron chi connectivity index (χ2n) is 6.80. The highest BCUT2D eigenvalue weighted by Crippen LogP contribution is 2.30. The molecule has 0 aliphatic carbocycles. The van der Waals surface area contributed by atoms with Gasteiger partial charge in [0, 0.05) is 24.2 Å². The van der Waals surface area contributed by atoms with Gasteiger partial charge < -0.3 is 4.90 Å². The van der Waals surface area contributed by atoms with Gasteiger partial charge in [0.15, 0.2) is 5.13 Å². The zero-order valence-corrected chi connectivity index (χ0v) is 17.9. The van der Waals surface area contributed by atoms with Crippen molar-refractivity contribution in [2.45, 2.75) is 13.3 Å². The second-order valence-corrected chi connectivity index (χ2v) is 8.22. The monoisotopic (exact) mass is 413 g/mol. The number of aryl methyl sites for hydroxylation is 1. The topological polar surface area (TPSA) is 36.4 Å². The summed E-state index contributed by atoms with van der Waals surface area (Å²) in [4.78, 5) is 21.5. The number of hydrogen-bond donors (Lipinski definition) is 0. The van der Waals surface area contributed by atoms with Crippen LogP contribution in [0.3, 0.4) is 0 Å². The maximum atomic E-state index is 13.0. The Kier molecular flexibility index (Phi) is 6.83. The summed E-state index contributed by atoms with van der Waals surface area (Å²) in [5.41, 5.74) is 3.02. The van der Waals surface area contributed by atoms with Crippen molar-refractivity contribution in [2.24, 2.45) is 0 Å². The highest BCUT2D eigenvalue weighted by atomic mass is 35.5. The normalized spacial score (nSPS) is 11.6. The van der Waals surface area contributed by atoms with Crippen molar-refractivity contribution in [3.63, 3.8) is 0 Å². The van der Waals surface area contributed by atoms with Gasteiger partial charge in [-0.3, -0.25) is 9.69 Å². The predicted octanol–water partition coefficient (Wildman–Crippen LogP) is 5.12. The van der Waals surface area contributed by atoms with E-state index in [0.29, 0.717) is 11.6 Å². The first-order valence-electron chi connectivity index (χ1n) is 9.26. The highest BCUT2D eigenvalue weighted by Gasteiger charge is 2.18. The molecule has 0 N–H and O–H groups in total. The fourth-order valence-electron chi connectivity index (χ4n) is 2.75. The molecule has 0 radical (unpaired) electrons. The summed E-state index contributed by atoms with van der Waals surface area (Å²) in [7, 11) is 3.99. The standard InChI is InChI=1S/C22H24ClN3OS/c1-4-16-9-11-19-20(15-16)28-22(24-19)26(14-13-25(2)3)21(27)12-10-17-7-5-6-8-18(17)23/h5-12,15H,4,13-14H2,1-3H3. The van der Waals surface area contributed by atoms with E-state index in [1.54, 1.807) is 28.4 Å². The first kappa shape index (κ1) is 20.5. The lowest BCUT2D eigenvalue weighted by Gasteiger charge is -2.20. The minimum atomic E-state index is -0.100. The van der Waals surface area contributed by atoms with E-state index in [-0.39, 0.29) is 5.91 Å². The molecule has 3 rings (SSSR count). The maximum absolute atomic E-state index is 13.0. The van der Waals surface area contributed by atoms with Crippen LogP contribution in [0.1, 0.15) is 18.1 Å². The van der Waals surface area contributed by atoms with Gasteiger partial charge in [-0.2, -0.15) is 0 Å². The third-order valence-electron chi connectivity index (χ3n) is 4.43. The van der Waals surface area contributed by atoms with Crippen LogP contribution < -0.4 is 4.90 Å². The lowest BCUT2D eigenvalue weighted by molar-refractivity contribution is -0.114. The molecule has 0 atom stereocenters. The molecule has 0 fully saturated rings. The van der Waals surface area contributed by atoms with Crippen LogP contribution in [0.4, 0.5) is 5.13 Å². The molecular formula is C22H24ClN3OS. The fraction of sp³-hybridized carbons (Fsp3) is 0.273. The van der Waals surface area contributed by atoms with E-state index >= 15 is 0 Å². The van der Waals surface area contributed by atoms with Crippen molar-refractivity contribution in [1.29, 1.82) is 0 Å². The SMILES string of the molecule is CCc1ccc2nc(N(CCN(C)C)C(=O)C=Cc3ccccc3Cl)sc2c1. The zero-order chi connectivity index (χ0) is 20.1. The number of fused-ring (bicyclic) bond motifs is 1. The van der Waals surface area contributed by atoms with Crippen molar-refractivity contribution in [2.75, 3.05) is 32.1 Å². The van der Waals surface area contributed by atoms with Crippen molar-refractivity contribution >= 4 is 50.3 Å². The fourth-order valence-corrected chi connectivity index (χ4v) is 4.01. The summed E-state index contributed by atoms with van der Waals surface area (Å²) in [6.07, 6.45) is 4.31. The number of aromatic nitrogens is 1. The number of carbonyl (C=O) groups excluding carboxylic acids is 1. The van der Waals surface area contributed by atoms with E-state index in [9.17, 15) is 4.79 Å². The number of halogens is 1. The van der Waals surface area contributed by atoms with Gasteiger partial charge in [-0.15, -0.1) is 0 Å². The molecular weight excluding hydrogens is 390 g/mol. The minimum absolute atomic E-state index is 0.100. The van der Waals surface area contributed by atoms with E-state index in [2.05, 4.69) is 24.0 Å². The predicted molar refractivity (Wildman–Crippen MR) is 120 cm³/mol. The molecule has 146 valence electrons. The molecule has 0 aliphatic rings. The number of hydrogen-bond acceptors (Lipinski definition) is 4. The zero-order valence-electron chi connectivity index (χ0n) is 16.4. The van der Waals surface area contributed by atoms with Gasteiger partial charge in [0.25, 0.3) is 5.91 Å². The van der Waals surface area contributed by atoms with Crippen LogP contribution in [0.5, 0.6) is 0 Å². The molecule has 0 unspecified atom stereocenters. The van der Waals surface area contributed by atoms with Crippen molar-refractivity contribution in [3.8, 4) is 0 Å². The Balaban J connectivity index is 1.90. The summed E-state index contributed by atoms with van der Waals surface area (Å²) >= 11 is 7.75. The van der Waals surface area contributed by atoms with Crippen molar-refractivity contribution < 1.29 is 4.79 Å². The average Bonchev–Trinajstić information content (AvgIpc) is 3.09. The van der Waals surface area contributed by atoms with Gasteiger partial charge in [-0.25, -0.2) is 4.98 Å². The molecule has 0 aliphatic heterocycles. The maximum Gasteiger partial charge on any atom is 0.252 e. The number of benzene rings is 2. The molecule has 1 heterocycles. The van der Waals surface area contributed by atoms with Crippen LogP contribution in [0.15, 0.2) is 48.5 Å². The van der Waals surface area contributed by atoms with E-state index in [1.165, 1.54) is 5.56 Å². The minimum Gasteiger partial charge on any atom is -0.308 e. The molecule has 2 aromatic carbocycles. The van der Waals surface area contributed by atoms with E-state index in [4.69, 9.17) is 16.6 Å². The quantitative estimate of drug-likeness (QED) is 0.504. The molecule has 4 nitrogen and oxygen atoms in total. The van der Waals surface area contributed by atoms with Crippen LogP contribution in [0, 0.1) is 0 Å². The van der Waals surface area contributed by atoms with E-state index in [1.807, 2.05) is 44.4 Å². The number of thiazole rings is 1. The third-order valence-corrected chi connectivity index (χ3v) is 5.81. The Labute approximate surface area is 175 Å². The highest BCUT2D eigenvalue weighted by molar-refractivity contribution is 7.22. The number of carbonyl (C=O) groups is 1. The number of amides is 1. The summed E-state index contributed by atoms with van der Waals surface area (Å²) in [6, 6.07) is 13.8. The van der Waals surface area contributed by atoms with Crippen LogP contribution >= 0.6 is 22.9 Å². The van der Waals surface area contributed by atoms with Gasteiger partial charge in [-0.1, -0.05) is 54.1 Å². The Morgan fingerprint density at radius 2 is 1.96 bits per heavy atom. The van der Waals surface area contributed by atoms with E-state index < -0.39 is 0 Å². The third kappa shape index (κ3) is 4.98. The molecule has 28 heavy (non-hydrogen) atoms. The van der Waals surface area contributed by atoms with Crippen LogP contribution in [-0.2, 0) is 11.2 Å². The molecule has 0 saturated carbocycles. The van der Waals surface area contributed by atoms with Crippen molar-refractivity contribution in [3.05, 3.63) is 64.7 Å². The van der Waals surface area contributed by atoms with Gasteiger partial charge in [0.1, 0.15) is 0 Å². The lowest BCUT2D eigenvalue weighted by Crippen LogP contribution is -2.35. The molecule has 3 aromatic rings. The number of nitrogens with zero attached hydrogens (tertiary/aromatic N) is 3. The lowest BCUT2D eigenvalue weighted by atomic mass is 10.2. The van der Waals surface area contributed by atoms with E-state index in [0.717, 1.165) is 33.9 Å². The molecule has 1 amide bonds. The summed E-state index contributed by atoms with van der Waals surface area (Å²) in [5, 5.41) is 1.34. The molecule has 0 bridgehead atoms. The summed E-state index contributed by atoms with van der Waals surface area (Å²) < 4.78 is 1.10. The van der Waals surface area contributed by atoms with Gasteiger partial charge in [0.05, 0.1) is 10.2 Å². The largest absolute Gasteiger partial charge is 0.308 e. The van der Waals surface area contributed by atoms with Crippen LogP contribution in [0.2, 0.25) is 5.02 Å². The number of likely N-dealkylation sites (N-methyl/N-ethyl adjacent to an activating group) is 1. The Hall–Kier alpha value is -2.21. The Bertz CT molecular complexity index is 996. The van der Waals surface area contributed by atoms with Gasteiger partial charge in [0.2, 0.25) is 0 Å². The van der Waals surface area contributed by atoms with Crippen LogP contribution in [0.25, 0.3) is 16.3 Å². The van der Waals surface area contributed by atoms with Gasteiger partial charge in [-0.05, 0) is 55.9 Å². The molecule has 0 saturated heterocycles. The Morgan fingerprint density at radius 1 is 1.18 bits per heavy atom. The summed E-state index contributed by atoms with van der Waals surface area (Å²) in [6.45, 7) is 3.45. The molecule has 0 spiro atoms. The molecule has 1 aromatic heterocycles. The second kappa shape index (κ2) is 9.32. The van der Waals surface area contributed by atoms with Crippen LogP contribution in [-0.4, -0.2) is 43.0 Å². The number of anilines is 1. The Morgan fingerprint density at radius 3 is 2.68 bits per heavy atom.